The molecule has 2 aromatic rings. The molecule has 1 saturated heterocycles. The fourth-order valence-electron chi connectivity index (χ4n) is 3.19. The van der Waals surface area contributed by atoms with Crippen molar-refractivity contribution in [2.24, 2.45) is 0 Å². The standard InChI is InChI=1S/C21H23FN2O/c22-19-11-8-17(9-12-19)10-13-21(25)23-16-20(24-14-4-5-15-24)18-6-2-1-3-7-18/h1-3,6-13,20H,4-5,14-16H2,(H,23,25)/b13-10+. The lowest BCUT2D eigenvalue weighted by molar-refractivity contribution is -0.116. The van der Waals surface area contributed by atoms with Gasteiger partial charge in [-0.3, -0.25) is 9.69 Å². The topological polar surface area (TPSA) is 32.3 Å². The monoisotopic (exact) mass is 338 g/mol. The van der Waals surface area contributed by atoms with E-state index in [1.165, 1.54) is 36.6 Å². The van der Waals surface area contributed by atoms with E-state index >= 15 is 0 Å². The number of amides is 1. The van der Waals surface area contributed by atoms with Crippen LogP contribution in [-0.4, -0.2) is 30.4 Å². The van der Waals surface area contributed by atoms with Gasteiger partial charge in [-0.2, -0.15) is 0 Å². The molecule has 2 aromatic carbocycles. The van der Waals surface area contributed by atoms with Gasteiger partial charge in [0.05, 0.1) is 6.04 Å². The van der Waals surface area contributed by atoms with E-state index in [4.69, 9.17) is 0 Å². The van der Waals surface area contributed by atoms with Crippen molar-refractivity contribution in [3.8, 4) is 0 Å². The molecule has 1 aliphatic heterocycles. The molecule has 4 heteroatoms. The third-order valence-corrected chi connectivity index (χ3v) is 4.53. The van der Waals surface area contributed by atoms with Crippen LogP contribution in [0.1, 0.15) is 30.0 Å². The van der Waals surface area contributed by atoms with E-state index in [1.807, 2.05) is 18.2 Å². The van der Waals surface area contributed by atoms with Crippen LogP contribution in [0.2, 0.25) is 0 Å². The highest BCUT2D eigenvalue weighted by atomic mass is 19.1. The van der Waals surface area contributed by atoms with Crippen molar-refractivity contribution >= 4 is 12.0 Å². The molecule has 1 unspecified atom stereocenters. The second-order valence-electron chi connectivity index (χ2n) is 6.30. The minimum atomic E-state index is -0.280. The second kappa shape index (κ2) is 8.58. The van der Waals surface area contributed by atoms with E-state index < -0.39 is 0 Å². The minimum absolute atomic E-state index is 0.135. The number of hydrogen-bond donors (Lipinski definition) is 1. The van der Waals surface area contributed by atoms with Crippen LogP contribution in [0.5, 0.6) is 0 Å². The Labute approximate surface area is 148 Å². The Hall–Kier alpha value is -2.46. The summed E-state index contributed by atoms with van der Waals surface area (Å²) in [6, 6.07) is 16.6. The maximum absolute atomic E-state index is 12.9. The van der Waals surface area contributed by atoms with E-state index in [9.17, 15) is 9.18 Å². The van der Waals surface area contributed by atoms with E-state index in [1.54, 1.807) is 18.2 Å². The van der Waals surface area contributed by atoms with Gasteiger partial charge in [0.2, 0.25) is 5.91 Å². The zero-order valence-electron chi connectivity index (χ0n) is 14.2. The molecule has 1 fully saturated rings. The first-order valence-electron chi connectivity index (χ1n) is 8.73. The van der Waals surface area contributed by atoms with Gasteiger partial charge in [0.25, 0.3) is 0 Å². The first-order valence-corrected chi connectivity index (χ1v) is 8.73. The number of carbonyl (C=O) groups excluding carboxylic acids is 1. The third kappa shape index (κ3) is 5.00. The Morgan fingerprint density at radius 1 is 1.08 bits per heavy atom. The molecular formula is C21H23FN2O. The van der Waals surface area contributed by atoms with Crippen LogP contribution in [-0.2, 0) is 4.79 Å². The van der Waals surface area contributed by atoms with Gasteiger partial charge in [0.1, 0.15) is 5.82 Å². The summed E-state index contributed by atoms with van der Waals surface area (Å²) < 4.78 is 12.9. The SMILES string of the molecule is O=C(/C=C/c1ccc(F)cc1)NCC(c1ccccc1)N1CCCC1. The molecule has 0 bridgehead atoms. The second-order valence-corrected chi connectivity index (χ2v) is 6.30. The molecular weight excluding hydrogens is 315 g/mol. The summed E-state index contributed by atoms with van der Waals surface area (Å²) in [5.74, 6) is -0.414. The summed E-state index contributed by atoms with van der Waals surface area (Å²) in [5, 5.41) is 3.00. The highest BCUT2D eigenvalue weighted by Crippen LogP contribution is 2.24. The fourth-order valence-corrected chi connectivity index (χ4v) is 3.19. The molecule has 3 rings (SSSR count). The summed E-state index contributed by atoms with van der Waals surface area (Å²) in [5.41, 5.74) is 2.03. The number of nitrogens with zero attached hydrogens (tertiary/aromatic N) is 1. The smallest absolute Gasteiger partial charge is 0.244 e. The molecule has 1 amide bonds. The Bertz CT molecular complexity index is 706. The first-order chi connectivity index (χ1) is 12.2. The maximum Gasteiger partial charge on any atom is 0.244 e. The van der Waals surface area contributed by atoms with Crippen molar-refractivity contribution in [3.63, 3.8) is 0 Å². The molecule has 130 valence electrons. The first kappa shape index (κ1) is 17.4. The van der Waals surface area contributed by atoms with Crippen LogP contribution >= 0.6 is 0 Å². The van der Waals surface area contributed by atoms with E-state index in [2.05, 4.69) is 22.3 Å². The largest absolute Gasteiger partial charge is 0.351 e. The summed E-state index contributed by atoms with van der Waals surface area (Å²) in [6.07, 6.45) is 5.62. The lowest BCUT2D eigenvalue weighted by Gasteiger charge is -2.28. The molecule has 1 heterocycles. The Kier molecular flexibility index (Phi) is 5.96. The number of likely N-dealkylation sites (tertiary alicyclic amines) is 1. The molecule has 1 N–H and O–H groups in total. The lowest BCUT2D eigenvalue weighted by Crippen LogP contribution is -2.36. The van der Waals surface area contributed by atoms with Crippen LogP contribution in [0.3, 0.4) is 0 Å². The van der Waals surface area contributed by atoms with Crippen molar-refractivity contribution < 1.29 is 9.18 Å². The van der Waals surface area contributed by atoms with Crippen LogP contribution in [0.25, 0.3) is 6.08 Å². The number of halogens is 1. The van der Waals surface area contributed by atoms with Crippen LogP contribution < -0.4 is 5.32 Å². The number of hydrogen-bond acceptors (Lipinski definition) is 2. The van der Waals surface area contributed by atoms with E-state index in [0.29, 0.717) is 6.54 Å². The third-order valence-electron chi connectivity index (χ3n) is 4.53. The van der Waals surface area contributed by atoms with Gasteiger partial charge in [0, 0.05) is 12.6 Å². The molecule has 0 radical (unpaired) electrons. The van der Waals surface area contributed by atoms with Crippen LogP contribution in [0.4, 0.5) is 4.39 Å². The van der Waals surface area contributed by atoms with Crippen molar-refractivity contribution in [1.82, 2.24) is 10.2 Å². The van der Waals surface area contributed by atoms with Crippen LogP contribution in [0, 0.1) is 5.82 Å². The molecule has 0 spiro atoms. The lowest BCUT2D eigenvalue weighted by atomic mass is 10.1. The highest BCUT2D eigenvalue weighted by Gasteiger charge is 2.23. The average molecular weight is 338 g/mol. The molecule has 25 heavy (non-hydrogen) atoms. The van der Waals surface area contributed by atoms with Crippen molar-refractivity contribution in [2.75, 3.05) is 19.6 Å². The molecule has 1 aliphatic rings. The van der Waals surface area contributed by atoms with Gasteiger partial charge >= 0.3 is 0 Å². The number of benzene rings is 2. The van der Waals surface area contributed by atoms with Gasteiger partial charge in [-0.1, -0.05) is 42.5 Å². The summed E-state index contributed by atoms with van der Waals surface area (Å²) in [7, 11) is 0. The Balaban J connectivity index is 1.60. The molecule has 3 nitrogen and oxygen atoms in total. The molecule has 0 saturated carbocycles. The van der Waals surface area contributed by atoms with Crippen LogP contribution in [0.15, 0.2) is 60.7 Å². The van der Waals surface area contributed by atoms with Crippen molar-refractivity contribution in [1.29, 1.82) is 0 Å². The Morgan fingerprint density at radius 2 is 1.76 bits per heavy atom. The fraction of sp³-hybridized carbons (Fsp3) is 0.286. The predicted molar refractivity (Wildman–Crippen MR) is 98.4 cm³/mol. The van der Waals surface area contributed by atoms with E-state index in [0.717, 1.165) is 18.7 Å². The zero-order chi connectivity index (χ0) is 17.5. The highest BCUT2D eigenvalue weighted by molar-refractivity contribution is 5.91. The molecule has 0 aliphatic carbocycles. The summed E-state index contributed by atoms with van der Waals surface area (Å²) >= 11 is 0. The van der Waals surface area contributed by atoms with Gasteiger partial charge in [-0.25, -0.2) is 4.39 Å². The van der Waals surface area contributed by atoms with Crippen molar-refractivity contribution in [3.05, 3.63) is 77.6 Å². The Morgan fingerprint density at radius 3 is 2.44 bits per heavy atom. The predicted octanol–water partition coefficient (Wildman–Crippen LogP) is 3.79. The van der Waals surface area contributed by atoms with Gasteiger partial charge in [-0.05, 0) is 55.3 Å². The summed E-state index contributed by atoms with van der Waals surface area (Å²) in [4.78, 5) is 14.6. The van der Waals surface area contributed by atoms with Gasteiger partial charge < -0.3 is 5.32 Å². The molecule has 0 aromatic heterocycles. The normalized spacial score (nSPS) is 16.2. The van der Waals surface area contributed by atoms with Gasteiger partial charge in [0.15, 0.2) is 0 Å². The number of carbonyl (C=O) groups is 1. The number of rotatable bonds is 6. The zero-order valence-corrected chi connectivity index (χ0v) is 14.2. The van der Waals surface area contributed by atoms with E-state index in [-0.39, 0.29) is 17.8 Å². The quantitative estimate of drug-likeness (QED) is 0.813. The average Bonchev–Trinajstić information content (AvgIpc) is 3.17. The number of nitrogens with one attached hydrogen (secondary N) is 1. The maximum atomic E-state index is 12.9. The minimum Gasteiger partial charge on any atom is -0.351 e. The van der Waals surface area contributed by atoms with Crippen molar-refractivity contribution in [2.45, 2.75) is 18.9 Å². The molecule has 1 atom stereocenters. The summed E-state index contributed by atoms with van der Waals surface area (Å²) in [6.45, 7) is 2.72. The van der Waals surface area contributed by atoms with Gasteiger partial charge in [-0.15, -0.1) is 0 Å².